The highest BCUT2D eigenvalue weighted by Crippen LogP contribution is 2.38. The molecule has 2 heteroatoms. The van der Waals surface area contributed by atoms with E-state index in [-0.39, 0.29) is 5.60 Å². The summed E-state index contributed by atoms with van der Waals surface area (Å²) in [6, 6.07) is 0. The van der Waals surface area contributed by atoms with Crippen LogP contribution in [0.4, 0.5) is 0 Å². The van der Waals surface area contributed by atoms with Crippen LogP contribution in [-0.2, 0) is 4.74 Å². The molecule has 0 amide bonds. The van der Waals surface area contributed by atoms with Gasteiger partial charge in [0.25, 0.3) is 0 Å². The van der Waals surface area contributed by atoms with Crippen LogP contribution in [0.2, 0.25) is 0 Å². The Morgan fingerprint density at radius 2 is 2.50 bits per heavy atom. The summed E-state index contributed by atoms with van der Waals surface area (Å²) < 4.78 is 5.46. The highest BCUT2D eigenvalue weighted by molar-refractivity contribution is 5.16. The zero-order valence-corrected chi connectivity index (χ0v) is 4.81. The van der Waals surface area contributed by atoms with E-state index in [1.165, 1.54) is 0 Å². The average molecular weight is 112 g/mol. The molecule has 45 valence electrons. The molecule has 1 saturated heterocycles. The molecular formula is C6H10NO. The van der Waals surface area contributed by atoms with Crippen molar-refractivity contribution in [1.29, 1.82) is 0 Å². The van der Waals surface area contributed by atoms with E-state index >= 15 is 0 Å². The standard InChI is InChI=1S/C6H10NO/c1-2-6(1)5-7-3-4-8-6/h1,7H,2-5H2. The fourth-order valence-corrected chi connectivity index (χ4v) is 1.05. The molecule has 1 unspecified atom stereocenters. The first kappa shape index (κ1) is 4.77. The number of nitrogens with one attached hydrogen (secondary N) is 1. The minimum atomic E-state index is 0.193. The average Bonchev–Trinajstić information content (AvgIpc) is 2.52. The van der Waals surface area contributed by atoms with Gasteiger partial charge in [-0.1, -0.05) is 0 Å². The summed E-state index contributed by atoms with van der Waals surface area (Å²) in [4.78, 5) is 0. The Morgan fingerprint density at radius 3 is 2.88 bits per heavy atom. The third-order valence-corrected chi connectivity index (χ3v) is 1.75. The van der Waals surface area contributed by atoms with Crippen molar-refractivity contribution in [3.63, 3.8) is 0 Å². The summed E-state index contributed by atoms with van der Waals surface area (Å²) in [6.45, 7) is 2.94. The maximum absolute atomic E-state index is 5.46. The molecule has 0 bridgehead atoms. The van der Waals surface area contributed by atoms with E-state index in [1.807, 2.05) is 0 Å². The molecule has 2 fully saturated rings. The molecule has 1 atom stereocenters. The second-order valence-corrected chi connectivity index (χ2v) is 2.50. The summed E-state index contributed by atoms with van der Waals surface area (Å²) in [5, 5.41) is 3.28. The zero-order chi connectivity index (χ0) is 5.45. The van der Waals surface area contributed by atoms with Gasteiger partial charge in [0.2, 0.25) is 0 Å². The summed E-state index contributed by atoms with van der Waals surface area (Å²) in [6.07, 6.45) is 3.37. The Labute approximate surface area is 49.2 Å². The molecule has 1 spiro atoms. The van der Waals surface area contributed by atoms with Crippen molar-refractivity contribution in [2.45, 2.75) is 12.0 Å². The maximum Gasteiger partial charge on any atom is 0.0843 e. The lowest BCUT2D eigenvalue weighted by Gasteiger charge is -2.22. The van der Waals surface area contributed by atoms with Crippen molar-refractivity contribution in [2.75, 3.05) is 19.7 Å². The van der Waals surface area contributed by atoms with Crippen LogP contribution >= 0.6 is 0 Å². The van der Waals surface area contributed by atoms with Crippen molar-refractivity contribution in [2.24, 2.45) is 0 Å². The van der Waals surface area contributed by atoms with E-state index in [2.05, 4.69) is 11.7 Å². The van der Waals surface area contributed by atoms with E-state index in [9.17, 15) is 0 Å². The molecule has 1 radical (unpaired) electrons. The van der Waals surface area contributed by atoms with Gasteiger partial charge in [0.15, 0.2) is 0 Å². The van der Waals surface area contributed by atoms with Gasteiger partial charge >= 0.3 is 0 Å². The lowest BCUT2D eigenvalue weighted by atomic mass is 10.3. The normalized spacial score (nSPS) is 33.0. The third kappa shape index (κ3) is 0.644. The van der Waals surface area contributed by atoms with E-state index in [1.54, 1.807) is 0 Å². The Balaban J connectivity index is 1.95. The molecule has 2 nitrogen and oxygen atoms in total. The minimum absolute atomic E-state index is 0.193. The van der Waals surface area contributed by atoms with Crippen LogP contribution in [0.1, 0.15) is 6.42 Å². The zero-order valence-electron chi connectivity index (χ0n) is 4.81. The van der Waals surface area contributed by atoms with Crippen LogP contribution in [-0.4, -0.2) is 25.3 Å². The van der Waals surface area contributed by atoms with Crippen molar-refractivity contribution >= 4 is 0 Å². The van der Waals surface area contributed by atoms with Crippen LogP contribution in [0.5, 0.6) is 0 Å². The highest BCUT2D eigenvalue weighted by Gasteiger charge is 2.45. The van der Waals surface area contributed by atoms with Gasteiger partial charge in [-0.3, -0.25) is 0 Å². The molecule has 1 aliphatic heterocycles. The molecule has 2 aliphatic rings. The van der Waals surface area contributed by atoms with Crippen LogP contribution in [0, 0.1) is 6.42 Å². The van der Waals surface area contributed by atoms with Crippen LogP contribution in [0.25, 0.3) is 0 Å². The first-order valence-electron chi connectivity index (χ1n) is 3.10. The van der Waals surface area contributed by atoms with E-state index in [4.69, 9.17) is 4.74 Å². The summed E-state index contributed by atoms with van der Waals surface area (Å²) in [7, 11) is 0. The molecule has 0 aromatic rings. The second kappa shape index (κ2) is 1.45. The maximum atomic E-state index is 5.46. The fourth-order valence-electron chi connectivity index (χ4n) is 1.05. The summed E-state index contributed by atoms with van der Waals surface area (Å²) in [5.41, 5.74) is 0.193. The Kier molecular flexibility index (Phi) is 0.866. The first-order chi connectivity index (χ1) is 3.91. The Hall–Kier alpha value is -0.0800. The SMILES string of the molecule is [CH]1CC12CNCCO2. The number of morpholine rings is 1. The quantitative estimate of drug-likeness (QED) is 0.474. The second-order valence-electron chi connectivity index (χ2n) is 2.50. The predicted octanol–water partition coefficient (Wildman–Crippen LogP) is -0.0470. The van der Waals surface area contributed by atoms with E-state index in [0.29, 0.717) is 0 Å². The number of hydrogen-bond acceptors (Lipinski definition) is 2. The van der Waals surface area contributed by atoms with Gasteiger partial charge in [-0.05, 0) is 12.8 Å². The van der Waals surface area contributed by atoms with Crippen molar-refractivity contribution < 1.29 is 4.74 Å². The van der Waals surface area contributed by atoms with Crippen molar-refractivity contribution in [3.05, 3.63) is 6.42 Å². The van der Waals surface area contributed by atoms with E-state index in [0.717, 1.165) is 26.1 Å². The molecule has 1 aliphatic carbocycles. The monoisotopic (exact) mass is 112 g/mol. The molecule has 0 aromatic carbocycles. The Bertz CT molecular complexity index is 90.7. The lowest BCUT2D eigenvalue weighted by molar-refractivity contribution is 0.0176. The first-order valence-corrected chi connectivity index (χ1v) is 3.10. The molecular weight excluding hydrogens is 102 g/mol. The fraction of sp³-hybridized carbons (Fsp3) is 0.833. The summed E-state index contributed by atoms with van der Waals surface area (Å²) >= 11 is 0. The minimum Gasteiger partial charge on any atom is -0.372 e. The van der Waals surface area contributed by atoms with E-state index < -0.39 is 0 Å². The molecule has 1 saturated carbocycles. The molecule has 0 aromatic heterocycles. The number of ether oxygens (including phenoxy) is 1. The lowest BCUT2D eigenvalue weighted by Crippen LogP contribution is -2.40. The molecule has 1 N–H and O–H groups in total. The van der Waals surface area contributed by atoms with Crippen molar-refractivity contribution in [1.82, 2.24) is 5.32 Å². The van der Waals surface area contributed by atoms with Crippen LogP contribution < -0.4 is 5.32 Å². The number of hydrogen-bond donors (Lipinski definition) is 1. The van der Waals surface area contributed by atoms with Gasteiger partial charge in [-0.2, -0.15) is 0 Å². The van der Waals surface area contributed by atoms with Gasteiger partial charge in [0.05, 0.1) is 12.2 Å². The predicted molar refractivity (Wildman–Crippen MR) is 30.5 cm³/mol. The van der Waals surface area contributed by atoms with Gasteiger partial charge < -0.3 is 10.1 Å². The third-order valence-electron chi connectivity index (χ3n) is 1.75. The van der Waals surface area contributed by atoms with Gasteiger partial charge in [0.1, 0.15) is 0 Å². The number of rotatable bonds is 0. The van der Waals surface area contributed by atoms with Gasteiger partial charge in [-0.15, -0.1) is 0 Å². The molecule has 1 heterocycles. The molecule has 8 heavy (non-hydrogen) atoms. The van der Waals surface area contributed by atoms with Crippen LogP contribution in [0.3, 0.4) is 0 Å². The largest absolute Gasteiger partial charge is 0.372 e. The van der Waals surface area contributed by atoms with Gasteiger partial charge in [-0.25, -0.2) is 0 Å². The van der Waals surface area contributed by atoms with Gasteiger partial charge in [0, 0.05) is 13.1 Å². The van der Waals surface area contributed by atoms with Crippen LogP contribution in [0.15, 0.2) is 0 Å². The highest BCUT2D eigenvalue weighted by atomic mass is 16.5. The topological polar surface area (TPSA) is 21.3 Å². The summed E-state index contributed by atoms with van der Waals surface area (Å²) in [5.74, 6) is 0. The van der Waals surface area contributed by atoms with Crippen molar-refractivity contribution in [3.8, 4) is 0 Å². The Morgan fingerprint density at radius 1 is 1.62 bits per heavy atom. The smallest absolute Gasteiger partial charge is 0.0843 e. The molecule has 2 rings (SSSR count).